The topological polar surface area (TPSA) is 49.4 Å². The average molecular weight is 475 g/mol. The molecule has 4 nitrogen and oxygen atoms in total. The van der Waals surface area contributed by atoms with Gasteiger partial charge in [0.05, 0.1) is 5.75 Å². The van der Waals surface area contributed by atoms with Gasteiger partial charge in [-0.1, -0.05) is 89.5 Å². The Balaban J connectivity index is 1.81. The zero-order valence-electron chi connectivity index (χ0n) is 20.5. The number of hydrogen-bond acceptors (Lipinski definition) is 3. The molecular weight excluding hydrogens is 440 g/mol. The molecule has 3 rings (SSSR count). The minimum atomic E-state index is -0.581. The van der Waals surface area contributed by atoms with E-state index < -0.39 is 6.04 Å². The maximum Gasteiger partial charge on any atom is 0.242 e. The van der Waals surface area contributed by atoms with Crippen LogP contribution in [0.5, 0.6) is 0 Å². The lowest BCUT2D eigenvalue weighted by atomic mass is 10.0. The number of nitrogens with one attached hydrogen (secondary N) is 1. The minimum absolute atomic E-state index is 0.0274. The number of aryl methyl sites for hydroxylation is 3. The van der Waals surface area contributed by atoms with Crippen LogP contribution < -0.4 is 5.32 Å². The van der Waals surface area contributed by atoms with E-state index in [2.05, 4.69) is 43.4 Å². The monoisotopic (exact) mass is 474 g/mol. The molecule has 2 amide bonds. The Morgan fingerprint density at radius 1 is 0.824 bits per heavy atom. The van der Waals surface area contributed by atoms with Gasteiger partial charge in [-0.3, -0.25) is 9.59 Å². The van der Waals surface area contributed by atoms with Crippen molar-refractivity contribution in [1.29, 1.82) is 0 Å². The summed E-state index contributed by atoms with van der Waals surface area (Å²) in [6.45, 7) is 6.62. The van der Waals surface area contributed by atoms with Crippen LogP contribution in [-0.2, 0) is 28.3 Å². The number of carbonyl (C=O) groups excluding carboxylic acids is 2. The highest BCUT2D eigenvalue weighted by atomic mass is 32.2. The second kappa shape index (κ2) is 12.4. The number of amides is 2. The van der Waals surface area contributed by atoms with E-state index >= 15 is 0 Å². The lowest BCUT2D eigenvalue weighted by Crippen LogP contribution is -2.50. The predicted molar refractivity (Wildman–Crippen MR) is 142 cm³/mol. The van der Waals surface area contributed by atoms with Crippen LogP contribution in [0, 0.1) is 20.8 Å². The van der Waals surface area contributed by atoms with Crippen LogP contribution in [0.4, 0.5) is 0 Å². The second-order valence-electron chi connectivity index (χ2n) is 8.82. The van der Waals surface area contributed by atoms with Gasteiger partial charge >= 0.3 is 0 Å². The van der Waals surface area contributed by atoms with Crippen LogP contribution in [0.25, 0.3) is 0 Å². The smallest absolute Gasteiger partial charge is 0.242 e. The molecule has 0 saturated heterocycles. The van der Waals surface area contributed by atoms with Crippen molar-refractivity contribution in [2.45, 2.75) is 45.5 Å². The van der Waals surface area contributed by atoms with Gasteiger partial charge in [0.15, 0.2) is 0 Å². The Morgan fingerprint density at radius 3 is 2.12 bits per heavy atom. The first-order valence-corrected chi connectivity index (χ1v) is 12.8. The highest BCUT2D eigenvalue weighted by Gasteiger charge is 2.29. The maximum atomic E-state index is 13.5. The molecule has 0 fully saturated rings. The second-order valence-corrected chi connectivity index (χ2v) is 9.80. The lowest BCUT2D eigenvalue weighted by molar-refractivity contribution is -0.139. The molecule has 34 heavy (non-hydrogen) atoms. The van der Waals surface area contributed by atoms with Gasteiger partial charge < -0.3 is 10.2 Å². The predicted octanol–water partition coefficient (Wildman–Crippen LogP) is 5.23. The van der Waals surface area contributed by atoms with Gasteiger partial charge in [-0.15, -0.1) is 11.8 Å². The summed E-state index contributed by atoms with van der Waals surface area (Å²) in [7, 11) is 1.63. The third-order valence-electron chi connectivity index (χ3n) is 5.73. The number of rotatable bonds is 10. The molecule has 1 atom stereocenters. The van der Waals surface area contributed by atoms with E-state index in [1.165, 1.54) is 16.7 Å². The van der Waals surface area contributed by atoms with Crippen LogP contribution >= 0.6 is 11.8 Å². The summed E-state index contributed by atoms with van der Waals surface area (Å²) in [5.74, 6) is 0.904. The van der Waals surface area contributed by atoms with Crippen LogP contribution in [-0.4, -0.2) is 35.6 Å². The summed E-state index contributed by atoms with van der Waals surface area (Å²) < 4.78 is 0. The van der Waals surface area contributed by atoms with Gasteiger partial charge in [0.2, 0.25) is 11.8 Å². The summed E-state index contributed by atoms with van der Waals surface area (Å²) in [5.41, 5.74) is 6.85. The standard InChI is InChI=1S/C29H34N2O2S/c1-21-9-8-12-25(14-21)18-31(27(29(33)30-4)17-24-10-6-5-7-11-24)28(32)20-34-19-26-15-22(2)13-23(3)16-26/h5-16,27H,17-20H2,1-4H3,(H,30,33). The molecule has 3 aromatic rings. The summed E-state index contributed by atoms with van der Waals surface area (Å²) in [4.78, 5) is 28.3. The SMILES string of the molecule is CNC(=O)C(Cc1ccccc1)N(Cc1cccc(C)c1)C(=O)CSCc1cc(C)cc(C)c1. The Morgan fingerprint density at radius 2 is 1.47 bits per heavy atom. The van der Waals surface area contributed by atoms with E-state index in [-0.39, 0.29) is 11.8 Å². The molecule has 0 saturated carbocycles. The molecule has 0 heterocycles. The molecule has 0 radical (unpaired) electrons. The van der Waals surface area contributed by atoms with E-state index in [0.717, 1.165) is 22.4 Å². The normalized spacial score (nSPS) is 11.6. The fourth-order valence-electron chi connectivity index (χ4n) is 4.22. The number of nitrogens with zero attached hydrogens (tertiary/aromatic N) is 1. The molecule has 3 aromatic carbocycles. The molecular formula is C29H34N2O2S. The minimum Gasteiger partial charge on any atom is -0.357 e. The van der Waals surface area contributed by atoms with Gasteiger partial charge in [-0.25, -0.2) is 0 Å². The number of carbonyl (C=O) groups is 2. The summed E-state index contributed by atoms with van der Waals surface area (Å²) in [6.07, 6.45) is 0.472. The van der Waals surface area contributed by atoms with E-state index in [0.29, 0.717) is 18.7 Å². The first-order chi connectivity index (χ1) is 16.4. The molecule has 0 spiro atoms. The highest BCUT2D eigenvalue weighted by Crippen LogP contribution is 2.20. The molecule has 5 heteroatoms. The van der Waals surface area contributed by atoms with Gasteiger partial charge in [0, 0.05) is 25.8 Å². The first kappa shape index (κ1) is 25.6. The summed E-state index contributed by atoms with van der Waals surface area (Å²) in [5, 5.41) is 2.77. The van der Waals surface area contributed by atoms with Crippen LogP contribution in [0.2, 0.25) is 0 Å². The van der Waals surface area contributed by atoms with E-state index in [1.807, 2.05) is 55.5 Å². The average Bonchev–Trinajstić information content (AvgIpc) is 2.81. The largest absolute Gasteiger partial charge is 0.357 e. The Hall–Kier alpha value is -3.05. The Kier molecular flexibility index (Phi) is 9.34. The Bertz CT molecular complexity index is 1090. The van der Waals surface area contributed by atoms with Crippen molar-refractivity contribution in [1.82, 2.24) is 10.2 Å². The van der Waals surface area contributed by atoms with Crippen molar-refractivity contribution in [3.8, 4) is 0 Å². The Labute approximate surface area is 207 Å². The fraction of sp³-hybridized carbons (Fsp3) is 0.310. The van der Waals surface area contributed by atoms with Crippen LogP contribution in [0.3, 0.4) is 0 Å². The molecule has 0 aliphatic carbocycles. The third kappa shape index (κ3) is 7.49. The zero-order valence-corrected chi connectivity index (χ0v) is 21.3. The molecule has 0 bridgehead atoms. The fourth-order valence-corrected chi connectivity index (χ4v) is 5.06. The molecule has 0 aromatic heterocycles. The highest BCUT2D eigenvalue weighted by molar-refractivity contribution is 7.99. The molecule has 0 aliphatic rings. The van der Waals surface area contributed by atoms with Crippen LogP contribution in [0.15, 0.2) is 72.8 Å². The summed E-state index contributed by atoms with van der Waals surface area (Å²) in [6, 6.07) is 23.9. The maximum absolute atomic E-state index is 13.5. The number of hydrogen-bond donors (Lipinski definition) is 1. The van der Waals surface area contributed by atoms with E-state index in [4.69, 9.17) is 0 Å². The third-order valence-corrected chi connectivity index (χ3v) is 6.72. The van der Waals surface area contributed by atoms with Crippen molar-refractivity contribution in [2.75, 3.05) is 12.8 Å². The van der Waals surface area contributed by atoms with Crippen molar-refractivity contribution in [3.05, 3.63) is 106 Å². The molecule has 1 unspecified atom stereocenters. The van der Waals surface area contributed by atoms with Crippen LogP contribution in [0.1, 0.15) is 33.4 Å². The first-order valence-electron chi connectivity index (χ1n) is 11.6. The van der Waals surface area contributed by atoms with E-state index in [1.54, 1.807) is 23.7 Å². The van der Waals surface area contributed by atoms with Crippen molar-refractivity contribution >= 4 is 23.6 Å². The van der Waals surface area contributed by atoms with Gasteiger partial charge in [-0.2, -0.15) is 0 Å². The van der Waals surface area contributed by atoms with Crippen molar-refractivity contribution < 1.29 is 9.59 Å². The molecule has 178 valence electrons. The van der Waals surface area contributed by atoms with Gasteiger partial charge in [0.1, 0.15) is 6.04 Å². The quantitative estimate of drug-likeness (QED) is 0.438. The van der Waals surface area contributed by atoms with Gasteiger partial charge in [0.25, 0.3) is 0 Å². The van der Waals surface area contributed by atoms with E-state index in [9.17, 15) is 9.59 Å². The van der Waals surface area contributed by atoms with Crippen molar-refractivity contribution in [2.24, 2.45) is 0 Å². The number of benzene rings is 3. The summed E-state index contributed by atoms with van der Waals surface area (Å²) >= 11 is 1.59. The van der Waals surface area contributed by atoms with Gasteiger partial charge in [-0.05, 0) is 37.5 Å². The molecule has 0 aliphatic heterocycles. The number of likely N-dealkylation sites (N-methyl/N-ethyl adjacent to an activating group) is 1. The lowest BCUT2D eigenvalue weighted by Gasteiger charge is -2.31. The number of thioether (sulfide) groups is 1. The zero-order chi connectivity index (χ0) is 24.5. The molecule has 1 N–H and O–H groups in total. The van der Waals surface area contributed by atoms with Crippen molar-refractivity contribution in [3.63, 3.8) is 0 Å².